The zero-order valence-corrected chi connectivity index (χ0v) is 12.3. The number of rotatable bonds is 5. The molecule has 0 radical (unpaired) electrons. The Hall–Kier alpha value is -1.40. The molecule has 1 fully saturated rings. The lowest BCUT2D eigenvalue weighted by atomic mass is 10.1. The Kier molecular flexibility index (Phi) is 4.77. The van der Waals surface area contributed by atoms with Crippen molar-refractivity contribution in [2.24, 2.45) is 0 Å². The molecule has 2 rings (SSSR count). The molecule has 1 aromatic carbocycles. The second kappa shape index (κ2) is 6.37. The summed E-state index contributed by atoms with van der Waals surface area (Å²) in [6.07, 6.45) is 3.57. The average molecular weight is 297 g/mol. The van der Waals surface area contributed by atoms with Crippen LogP contribution in [-0.2, 0) is 25.9 Å². The Balaban J connectivity index is 1.83. The van der Waals surface area contributed by atoms with E-state index < -0.39 is 9.84 Å². The molecule has 1 saturated heterocycles. The molecule has 1 aliphatic rings. The molecule has 0 aromatic heterocycles. The van der Waals surface area contributed by atoms with Crippen LogP contribution < -0.4 is 5.32 Å². The minimum absolute atomic E-state index is 0.0379. The second-order valence-electron chi connectivity index (χ2n) is 5.03. The van der Waals surface area contributed by atoms with Crippen molar-refractivity contribution in [3.8, 4) is 0 Å². The maximum atomic E-state index is 11.7. The van der Waals surface area contributed by atoms with Crippen LogP contribution in [0.5, 0.6) is 0 Å². The summed E-state index contributed by atoms with van der Waals surface area (Å²) in [5.41, 5.74) is 0.873. The van der Waals surface area contributed by atoms with E-state index in [1.807, 2.05) is 0 Å². The zero-order valence-electron chi connectivity index (χ0n) is 11.5. The van der Waals surface area contributed by atoms with Gasteiger partial charge in [0.15, 0.2) is 9.84 Å². The fourth-order valence-corrected chi connectivity index (χ4v) is 2.77. The third kappa shape index (κ3) is 4.31. The van der Waals surface area contributed by atoms with Crippen molar-refractivity contribution in [1.82, 2.24) is 5.32 Å². The maximum absolute atomic E-state index is 11.7. The monoisotopic (exact) mass is 297 g/mol. The molecule has 1 amide bonds. The van der Waals surface area contributed by atoms with Crippen LogP contribution in [-0.4, -0.2) is 33.3 Å². The van der Waals surface area contributed by atoms with Gasteiger partial charge in [0, 0.05) is 19.4 Å². The first-order chi connectivity index (χ1) is 9.45. The van der Waals surface area contributed by atoms with Gasteiger partial charge in [0.2, 0.25) is 5.91 Å². The molecule has 0 aliphatic carbocycles. The summed E-state index contributed by atoms with van der Waals surface area (Å²) in [4.78, 5) is 12.0. The van der Waals surface area contributed by atoms with E-state index in [1.54, 1.807) is 24.3 Å². The van der Waals surface area contributed by atoms with Crippen LogP contribution in [0.15, 0.2) is 29.2 Å². The Morgan fingerprint density at radius 3 is 2.60 bits per heavy atom. The van der Waals surface area contributed by atoms with Crippen molar-refractivity contribution >= 4 is 15.7 Å². The first-order valence-corrected chi connectivity index (χ1v) is 8.51. The highest BCUT2D eigenvalue weighted by Crippen LogP contribution is 2.15. The van der Waals surface area contributed by atoms with Gasteiger partial charge in [0.1, 0.15) is 0 Å². The van der Waals surface area contributed by atoms with E-state index in [-0.39, 0.29) is 16.9 Å². The fourth-order valence-electron chi connectivity index (χ4n) is 2.14. The van der Waals surface area contributed by atoms with Crippen molar-refractivity contribution < 1.29 is 17.9 Å². The number of nitrogens with one attached hydrogen (secondary N) is 1. The summed E-state index contributed by atoms with van der Waals surface area (Å²) in [5, 5.41) is 2.82. The van der Waals surface area contributed by atoms with Crippen LogP contribution in [0.4, 0.5) is 0 Å². The predicted octanol–water partition coefficient (Wildman–Crippen LogP) is 1.28. The number of sulfone groups is 1. The number of ether oxygens (including phenoxy) is 1. The van der Waals surface area contributed by atoms with E-state index in [0.717, 1.165) is 25.0 Å². The number of hydrogen-bond donors (Lipinski definition) is 1. The molecule has 0 saturated carbocycles. The molecule has 1 aromatic rings. The van der Waals surface area contributed by atoms with E-state index in [4.69, 9.17) is 4.74 Å². The van der Waals surface area contributed by atoms with Gasteiger partial charge >= 0.3 is 0 Å². The summed E-state index contributed by atoms with van der Waals surface area (Å²) in [5.74, 6) is -0.0379. The van der Waals surface area contributed by atoms with Gasteiger partial charge in [-0.3, -0.25) is 4.79 Å². The number of hydrogen-bond acceptors (Lipinski definition) is 4. The van der Waals surface area contributed by atoms with Crippen LogP contribution in [0.25, 0.3) is 0 Å². The van der Waals surface area contributed by atoms with Gasteiger partial charge in [0.25, 0.3) is 0 Å². The van der Waals surface area contributed by atoms with Crippen molar-refractivity contribution in [2.75, 3.05) is 12.9 Å². The third-order valence-corrected chi connectivity index (χ3v) is 4.41. The molecule has 0 spiro atoms. The standard InChI is InChI=1S/C14H19NO4S/c1-20(17,18)13-6-4-11(5-7-13)10-15-14(16)9-12-3-2-8-19-12/h4-7,12H,2-3,8-10H2,1H3,(H,15,16)/t12-/m1/s1. The molecular weight excluding hydrogens is 278 g/mol. The Labute approximate surface area is 119 Å². The van der Waals surface area contributed by atoms with Crippen LogP contribution in [0, 0.1) is 0 Å². The van der Waals surface area contributed by atoms with Crippen molar-refractivity contribution in [2.45, 2.75) is 36.8 Å². The Bertz CT molecular complexity index is 559. The van der Waals surface area contributed by atoms with Crippen molar-refractivity contribution in [3.63, 3.8) is 0 Å². The normalized spacial score (nSPS) is 18.9. The van der Waals surface area contributed by atoms with Gasteiger partial charge in [-0.05, 0) is 30.5 Å². The molecule has 110 valence electrons. The molecule has 0 unspecified atom stereocenters. The van der Waals surface area contributed by atoms with Gasteiger partial charge in [-0.25, -0.2) is 8.42 Å². The summed E-state index contributed by atoms with van der Waals surface area (Å²) in [6.45, 7) is 1.14. The van der Waals surface area contributed by atoms with E-state index in [2.05, 4.69) is 5.32 Å². The number of carbonyl (C=O) groups is 1. The summed E-state index contributed by atoms with van der Waals surface area (Å²) < 4.78 is 28.0. The molecule has 0 bridgehead atoms. The molecule has 6 heteroatoms. The highest BCUT2D eigenvalue weighted by atomic mass is 32.2. The highest BCUT2D eigenvalue weighted by Gasteiger charge is 2.18. The fraction of sp³-hybridized carbons (Fsp3) is 0.500. The highest BCUT2D eigenvalue weighted by molar-refractivity contribution is 7.90. The summed E-state index contributed by atoms with van der Waals surface area (Å²) in [7, 11) is -3.17. The van der Waals surface area contributed by atoms with E-state index >= 15 is 0 Å². The van der Waals surface area contributed by atoms with Gasteiger partial charge in [-0.15, -0.1) is 0 Å². The van der Waals surface area contributed by atoms with Crippen LogP contribution in [0.2, 0.25) is 0 Å². The summed E-state index contributed by atoms with van der Waals surface area (Å²) >= 11 is 0. The topological polar surface area (TPSA) is 72.5 Å². The molecule has 5 nitrogen and oxygen atoms in total. The van der Waals surface area contributed by atoms with E-state index in [1.165, 1.54) is 6.26 Å². The van der Waals surface area contributed by atoms with E-state index in [9.17, 15) is 13.2 Å². The number of carbonyl (C=O) groups excluding carboxylic acids is 1. The molecule has 1 atom stereocenters. The number of amides is 1. The van der Waals surface area contributed by atoms with Gasteiger partial charge in [0.05, 0.1) is 17.4 Å². The Morgan fingerprint density at radius 2 is 2.05 bits per heavy atom. The molecule has 1 heterocycles. The van der Waals surface area contributed by atoms with E-state index in [0.29, 0.717) is 13.0 Å². The molecule has 1 N–H and O–H groups in total. The largest absolute Gasteiger partial charge is 0.378 e. The van der Waals surface area contributed by atoms with Crippen molar-refractivity contribution in [1.29, 1.82) is 0 Å². The third-order valence-electron chi connectivity index (χ3n) is 3.28. The number of benzene rings is 1. The van der Waals surface area contributed by atoms with Crippen LogP contribution >= 0.6 is 0 Å². The predicted molar refractivity (Wildman–Crippen MR) is 75.0 cm³/mol. The maximum Gasteiger partial charge on any atom is 0.222 e. The molecule has 20 heavy (non-hydrogen) atoms. The lowest BCUT2D eigenvalue weighted by Crippen LogP contribution is -2.26. The zero-order chi connectivity index (χ0) is 14.6. The summed E-state index contributed by atoms with van der Waals surface area (Å²) in [6, 6.07) is 6.53. The first kappa shape index (κ1) is 15.0. The Morgan fingerprint density at radius 1 is 1.35 bits per heavy atom. The minimum Gasteiger partial charge on any atom is -0.378 e. The smallest absolute Gasteiger partial charge is 0.222 e. The lowest BCUT2D eigenvalue weighted by molar-refractivity contribution is -0.123. The van der Waals surface area contributed by atoms with Crippen molar-refractivity contribution in [3.05, 3.63) is 29.8 Å². The minimum atomic E-state index is -3.17. The SMILES string of the molecule is CS(=O)(=O)c1ccc(CNC(=O)C[C@H]2CCCO2)cc1. The van der Waals surface area contributed by atoms with Gasteiger partial charge in [-0.1, -0.05) is 12.1 Å². The van der Waals surface area contributed by atoms with Gasteiger partial charge in [-0.2, -0.15) is 0 Å². The lowest BCUT2D eigenvalue weighted by Gasteiger charge is -2.10. The molecule has 1 aliphatic heterocycles. The van der Waals surface area contributed by atoms with Crippen LogP contribution in [0.1, 0.15) is 24.8 Å². The first-order valence-electron chi connectivity index (χ1n) is 6.62. The second-order valence-corrected chi connectivity index (χ2v) is 7.05. The molecular formula is C14H19NO4S. The average Bonchev–Trinajstić information content (AvgIpc) is 2.88. The van der Waals surface area contributed by atoms with Crippen LogP contribution in [0.3, 0.4) is 0 Å². The quantitative estimate of drug-likeness (QED) is 0.888. The van der Waals surface area contributed by atoms with Gasteiger partial charge < -0.3 is 10.1 Å².